The molecule has 2 unspecified atom stereocenters. The van der Waals surface area contributed by atoms with E-state index in [0.29, 0.717) is 98.2 Å². The van der Waals surface area contributed by atoms with E-state index in [2.05, 4.69) is 70.8 Å². The fourth-order valence-electron chi connectivity index (χ4n) is 14.8. The van der Waals surface area contributed by atoms with E-state index in [1.54, 1.807) is 125 Å². The van der Waals surface area contributed by atoms with Gasteiger partial charge in [0.2, 0.25) is 0 Å². The van der Waals surface area contributed by atoms with Gasteiger partial charge in [0.1, 0.15) is 46.0 Å². The first-order chi connectivity index (χ1) is 64.9. The Morgan fingerprint density at radius 1 is 0.417 bits per heavy atom. The maximum Gasteiger partial charge on any atom is 0.471 e. The number of carbonyl (C=O) groups is 8. The zero-order chi connectivity index (χ0) is 103. The molecule has 0 aromatic heterocycles. The number of aliphatic hydroxyl groups is 1. The predicted molar refractivity (Wildman–Crippen MR) is 508 cm³/mol. The standard InChI is InChI=1S/C43H51F3NO12P.C42H49F3NO12P.C15H32N3OP/c1-40(2,3)38(50)56-27-14-18-31-34(24-27)58-35-25-28(57-39(51)41(4,5)6)15-19-32(35)42(31)33-26-29(16-17-30(33)36(48)59-42)60(52,54-22-12-9-8-11-21-53-7)55-23-13-10-20-47-37(49)43(44,45)46;1-39(2,3)37(50)55-26-13-17-30-33(23-26)57-34-24-27(56-38(51)40(4,5)6)14-18-31(34)41(30)32-25-28(15-16-29(32)35(48)58-41)59(52,53-21-11-8-7-10-20-47)54-22-12-9-19-46-36(49)42(43,44)45;1-12(2)17(13(3)4)20(19-11-9-10-16)18(14(5)6)15(7)8/h14-19,24-26H,8-13,20-23H2,1-7H3,(H,47,49);13-18,23-25,47H,7-12,19-22H2,1-6H3,(H,46,49);12-15H,9,11H2,1-8H3. The molecule has 6 aromatic carbocycles. The van der Waals surface area contributed by atoms with Crippen molar-refractivity contribution in [2.45, 2.75) is 270 Å². The van der Waals surface area contributed by atoms with Gasteiger partial charge >= 0.3 is 75.2 Å². The van der Waals surface area contributed by atoms with Crippen LogP contribution in [0.4, 0.5) is 26.3 Å². The molecule has 0 fully saturated rings. The zero-order valence-electron chi connectivity index (χ0n) is 83.0. The number of halogens is 6. The molecule has 764 valence electrons. The van der Waals surface area contributed by atoms with Crippen molar-refractivity contribution < 1.29 is 144 Å². The van der Waals surface area contributed by atoms with Crippen molar-refractivity contribution in [1.29, 1.82) is 5.26 Å². The van der Waals surface area contributed by atoms with Gasteiger partial charge in [-0.1, -0.05) is 25.7 Å². The minimum Gasteiger partial charge on any atom is -0.456 e. The van der Waals surface area contributed by atoms with Crippen LogP contribution in [0.5, 0.6) is 46.0 Å². The molecule has 10 rings (SSSR count). The lowest BCUT2D eigenvalue weighted by Crippen LogP contribution is -2.43. The Morgan fingerprint density at radius 3 is 0.971 bits per heavy atom. The first-order valence-electron chi connectivity index (χ1n) is 46.5. The largest absolute Gasteiger partial charge is 0.471 e. The third kappa shape index (κ3) is 29.7. The summed E-state index contributed by atoms with van der Waals surface area (Å²) < 4.78 is 193. The van der Waals surface area contributed by atoms with Crippen molar-refractivity contribution >= 4 is 81.9 Å². The summed E-state index contributed by atoms with van der Waals surface area (Å²) in [6, 6.07) is 31.0. The fraction of sp³-hybridized carbons (Fsp3) is 0.550. The molecule has 0 bridgehead atoms. The monoisotopic (exact) mass is 2010 g/mol. The van der Waals surface area contributed by atoms with E-state index in [9.17, 15) is 73.8 Å². The van der Waals surface area contributed by atoms with E-state index in [1.165, 1.54) is 84.9 Å². The molecule has 4 heterocycles. The van der Waals surface area contributed by atoms with Crippen molar-refractivity contribution in [3.63, 3.8) is 0 Å². The number of esters is 6. The van der Waals surface area contributed by atoms with E-state index in [0.717, 1.165) is 19.3 Å². The number of alkyl halides is 6. The number of aliphatic hydroxyl groups excluding tert-OH is 1. The summed E-state index contributed by atoms with van der Waals surface area (Å²) in [6.07, 6.45) is -3.87. The number of ether oxygens (including phenoxy) is 9. The number of methoxy groups -OCH3 is 1. The van der Waals surface area contributed by atoms with Gasteiger partial charge in [0, 0.05) is 115 Å². The van der Waals surface area contributed by atoms with E-state index < -0.39 is 116 Å². The van der Waals surface area contributed by atoms with Gasteiger partial charge in [-0.2, -0.15) is 31.6 Å². The number of nitriles is 1. The molecule has 30 nitrogen and oxygen atoms in total. The summed E-state index contributed by atoms with van der Waals surface area (Å²) in [6.45, 7) is 38.2. The normalized spacial score (nSPS) is 14.9. The minimum absolute atomic E-state index is 0.00631. The summed E-state index contributed by atoms with van der Waals surface area (Å²) in [7, 11) is -7.65. The quantitative estimate of drug-likeness (QED) is 0.0105. The summed E-state index contributed by atoms with van der Waals surface area (Å²) in [5, 5.41) is 21.6. The molecule has 2 atom stereocenters. The Morgan fingerprint density at radius 2 is 0.705 bits per heavy atom. The number of unbranched alkanes of at least 4 members (excludes halogenated alkanes) is 8. The molecule has 0 aliphatic carbocycles. The van der Waals surface area contributed by atoms with Gasteiger partial charge in [0.15, 0.2) is 19.7 Å². The molecule has 39 heteroatoms. The first kappa shape index (κ1) is 115. The van der Waals surface area contributed by atoms with Crippen LogP contribution in [-0.2, 0) is 85.9 Å². The SMILES string of the molecule is CC(C)(C)C(=O)Oc1ccc2c(c1)Oc1cc(OC(=O)C(C)(C)C)ccc1C21OC(=O)c2ccc(P(=O)(OCCCCCCO)OCCCCNC(=O)C(F)(F)F)cc21.CC(C)N(C(C)C)P(OCCC#N)N(C(C)C)C(C)C.COCCCCCCOP(=O)(OCCCCNC(=O)C(F)(F)F)c1ccc2c(c1)C1(OC2=O)c2ccc(OC(=O)C(C)(C)C)cc2Oc2cc(OC(=O)C(C)(C)C)ccc21. The van der Waals surface area contributed by atoms with Crippen LogP contribution in [0.15, 0.2) is 109 Å². The number of hydrogen-bond donors (Lipinski definition) is 3. The van der Waals surface area contributed by atoms with Crippen molar-refractivity contribution in [2.75, 3.05) is 66.4 Å². The number of rotatable bonds is 42. The number of hydrogen-bond acceptors (Lipinski definition) is 28. The third-order valence-electron chi connectivity index (χ3n) is 21.9. The molecule has 4 aliphatic heterocycles. The molecule has 3 N–H and O–H groups in total. The van der Waals surface area contributed by atoms with Crippen LogP contribution in [0.1, 0.15) is 276 Å². The molecule has 0 saturated carbocycles. The van der Waals surface area contributed by atoms with Crippen molar-refractivity contribution in [3.8, 4) is 52.1 Å². The molecule has 4 aliphatic rings. The van der Waals surface area contributed by atoms with Crippen LogP contribution in [0, 0.1) is 33.0 Å². The average molecular weight is 2010 g/mol. The number of benzene rings is 6. The summed E-state index contributed by atoms with van der Waals surface area (Å²) >= 11 is 0. The molecule has 2 spiro atoms. The Balaban J connectivity index is 0.000000285. The van der Waals surface area contributed by atoms with Gasteiger partial charge in [0.25, 0.3) is 0 Å². The maximum atomic E-state index is 14.8. The summed E-state index contributed by atoms with van der Waals surface area (Å²) in [5.74, 6) is -6.49. The number of nitrogens with one attached hydrogen (secondary N) is 2. The summed E-state index contributed by atoms with van der Waals surface area (Å²) in [5.41, 5.74) is -4.74. The van der Waals surface area contributed by atoms with Gasteiger partial charge in [-0.25, -0.2) is 18.9 Å². The second-order valence-corrected chi connectivity index (χ2v) is 44.7. The van der Waals surface area contributed by atoms with E-state index in [1.807, 2.05) is 0 Å². The zero-order valence-corrected chi connectivity index (χ0v) is 85.6. The first-order valence-corrected chi connectivity index (χ1v) is 50.7. The second-order valence-electron chi connectivity index (χ2n) is 38.9. The lowest BCUT2D eigenvalue weighted by atomic mass is 9.77. The number of nitrogens with zero attached hydrogens (tertiary/aromatic N) is 3. The van der Waals surface area contributed by atoms with Crippen LogP contribution in [-0.4, -0.2) is 165 Å². The number of amides is 2. The topological polar surface area (TPSA) is 374 Å². The number of carbonyl (C=O) groups excluding carboxylic acids is 8. The van der Waals surface area contributed by atoms with Gasteiger partial charge < -0.3 is 81.0 Å². The van der Waals surface area contributed by atoms with Crippen LogP contribution in [0.3, 0.4) is 0 Å². The van der Waals surface area contributed by atoms with Gasteiger partial charge in [-0.05, 0) is 275 Å². The highest BCUT2D eigenvalue weighted by Crippen LogP contribution is 2.62. The Bertz CT molecular complexity index is 5270. The second kappa shape index (κ2) is 48.8. The summed E-state index contributed by atoms with van der Waals surface area (Å²) in [4.78, 5) is 101. The molecule has 0 radical (unpaired) electrons. The highest BCUT2D eigenvalue weighted by Gasteiger charge is 2.57. The van der Waals surface area contributed by atoms with Crippen LogP contribution < -0.4 is 49.7 Å². The van der Waals surface area contributed by atoms with Gasteiger partial charge in [0.05, 0.1) is 88.9 Å². The Labute approximate surface area is 810 Å². The van der Waals surface area contributed by atoms with Crippen molar-refractivity contribution in [1.82, 2.24) is 20.0 Å². The Kier molecular flexibility index (Phi) is 40.2. The average Bonchev–Trinajstić information content (AvgIpc) is 1.57. The number of fused-ring (bicyclic) bond motifs is 12. The molecular formula is C100H132F6N5O25P3. The molecule has 0 saturated heterocycles. The molecular weight excluding hydrogens is 1880 g/mol. The van der Waals surface area contributed by atoms with E-state index in [-0.39, 0.29) is 151 Å². The highest BCUT2D eigenvalue weighted by atomic mass is 31.2. The Hall–Kier alpha value is -9.72. The van der Waals surface area contributed by atoms with Crippen molar-refractivity contribution in [2.24, 2.45) is 21.7 Å². The maximum absolute atomic E-state index is 14.8. The van der Waals surface area contributed by atoms with Crippen molar-refractivity contribution in [3.05, 3.63) is 154 Å². The third-order valence-corrected chi connectivity index (χ3v) is 28.9. The molecule has 2 amide bonds. The molecule has 6 aromatic rings. The lowest BCUT2D eigenvalue weighted by Gasteiger charge is -2.45. The van der Waals surface area contributed by atoms with E-state index >= 15 is 0 Å². The van der Waals surface area contributed by atoms with Gasteiger partial charge in [-0.3, -0.25) is 37.9 Å². The highest BCUT2D eigenvalue weighted by molar-refractivity contribution is 7.62. The fourth-order valence-corrected chi connectivity index (χ4v) is 20.5. The van der Waals surface area contributed by atoms with Gasteiger partial charge in [-0.15, -0.1) is 0 Å². The van der Waals surface area contributed by atoms with Crippen LogP contribution >= 0.6 is 23.6 Å². The smallest absolute Gasteiger partial charge is 0.456 e. The molecule has 139 heavy (non-hydrogen) atoms. The predicted octanol–water partition coefficient (Wildman–Crippen LogP) is 21.1. The van der Waals surface area contributed by atoms with Crippen LogP contribution in [0.2, 0.25) is 0 Å². The van der Waals surface area contributed by atoms with Crippen LogP contribution in [0.25, 0.3) is 0 Å². The van der Waals surface area contributed by atoms with E-state index in [4.69, 9.17) is 75.6 Å². The minimum atomic E-state index is -5.03. The lowest BCUT2D eigenvalue weighted by molar-refractivity contribution is -0.173.